The molecular formula is C14H18N4O. The molecule has 2 rings (SSSR count). The van der Waals surface area contributed by atoms with Gasteiger partial charge in [-0.25, -0.2) is 0 Å². The quantitative estimate of drug-likeness (QED) is 0.630. The van der Waals surface area contributed by atoms with Crippen LogP contribution in [-0.4, -0.2) is 29.9 Å². The highest BCUT2D eigenvalue weighted by Gasteiger charge is 2.20. The van der Waals surface area contributed by atoms with Gasteiger partial charge in [0, 0.05) is 19.8 Å². The van der Waals surface area contributed by atoms with E-state index in [0.717, 1.165) is 18.5 Å². The third-order valence-corrected chi connectivity index (χ3v) is 3.41. The van der Waals surface area contributed by atoms with Crippen LogP contribution in [-0.2, 0) is 17.6 Å². The molecule has 1 aromatic rings. The molecule has 19 heavy (non-hydrogen) atoms. The Balaban J connectivity index is 2.55. The lowest BCUT2D eigenvalue weighted by molar-refractivity contribution is -0.114. The van der Waals surface area contributed by atoms with E-state index in [2.05, 4.69) is 4.98 Å². The minimum atomic E-state index is -0.696. The molecule has 0 bridgehead atoms. The van der Waals surface area contributed by atoms with Gasteiger partial charge in [0.25, 0.3) is 5.91 Å². The van der Waals surface area contributed by atoms with E-state index < -0.39 is 5.91 Å². The number of nitrogens with zero attached hydrogens (tertiary/aromatic N) is 2. The number of hydrogen-bond acceptors (Lipinski definition) is 3. The van der Waals surface area contributed by atoms with Crippen molar-refractivity contribution in [2.75, 3.05) is 14.1 Å². The number of nitrogens with one attached hydrogen (secondary N) is 1. The molecule has 0 radical (unpaired) electrons. The number of aryl methyl sites for hydroxylation is 2. The van der Waals surface area contributed by atoms with Gasteiger partial charge in [-0.05, 0) is 37.3 Å². The number of amides is 1. The average Bonchev–Trinajstić information content (AvgIpc) is 2.77. The molecule has 100 valence electrons. The number of primary amides is 1. The minimum Gasteiger partial charge on any atom is -0.375 e. The Labute approximate surface area is 112 Å². The van der Waals surface area contributed by atoms with Crippen LogP contribution in [0.2, 0.25) is 0 Å². The molecule has 5 heteroatoms. The lowest BCUT2D eigenvalue weighted by atomic mass is 9.98. The molecule has 3 N–H and O–H groups in total. The summed E-state index contributed by atoms with van der Waals surface area (Å²) in [5, 5.41) is 9.13. The summed E-state index contributed by atoms with van der Waals surface area (Å²) >= 11 is 0. The van der Waals surface area contributed by atoms with E-state index in [1.807, 2.05) is 12.1 Å². The number of aromatic nitrogens is 1. The van der Waals surface area contributed by atoms with Crippen LogP contribution in [0.3, 0.4) is 0 Å². The van der Waals surface area contributed by atoms with Crippen molar-refractivity contribution in [1.29, 1.82) is 5.26 Å². The fourth-order valence-electron chi connectivity index (χ4n) is 2.56. The highest BCUT2D eigenvalue weighted by Crippen LogP contribution is 2.27. The maximum Gasteiger partial charge on any atom is 0.261 e. The molecule has 0 aliphatic heterocycles. The second-order valence-corrected chi connectivity index (χ2v) is 4.99. The first-order valence-electron chi connectivity index (χ1n) is 6.37. The van der Waals surface area contributed by atoms with Crippen LogP contribution in [0.15, 0.2) is 11.6 Å². The van der Waals surface area contributed by atoms with Crippen LogP contribution in [0.4, 0.5) is 0 Å². The number of aromatic amines is 1. The third-order valence-electron chi connectivity index (χ3n) is 3.41. The molecule has 0 saturated heterocycles. The second kappa shape index (κ2) is 5.19. The van der Waals surface area contributed by atoms with E-state index in [4.69, 9.17) is 11.0 Å². The van der Waals surface area contributed by atoms with Crippen molar-refractivity contribution in [3.63, 3.8) is 0 Å². The van der Waals surface area contributed by atoms with Crippen LogP contribution in [0.5, 0.6) is 0 Å². The summed E-state index contributed by atoms with van der Waals surface area (Å²) in [4.78, 5) is 16.5. The van der Waals surface area contributed by atoms with E-state index in [0.29, 0.717) is 5.70 Å². The van der Waals surface area contributed by atoms with E-state index in [1.165, 1.54) is 24.1 Å². The summed E-state index contributed by atoms with van der Waals surface area (Å²) in [5.74, 6) is -0.696. The number of rotatable bonds is 3. The zero-order valence-electron chi connectivity index (χ0n) is 11.3. The van der Waals surface area contributed by atoms with Crippen molar-refractivity contribution < 1.29 is 4.79 Å². The number of carbonyl (C=O) groups is 1. The molecule has 1 amide bonds. The van der Waals surface area contributed by atoms with E-state index in [1.54, 1.807) is 19.0 Å². The number of carbonyl (C=O) groups excluding carboxylic acids is 1. The summed E-state index contributed by atoms with van der Waals surface area (Å²) in [5.41, 5.74) is 9.12. The largest absolute Gasteiger partial charge is 0.375 e. The van der Waals surface area contributed by atoms with Gasteiger partial charge in [-0.15, -0.1) is 0 Å². The SMILES string of the molecule is CN(C)/C(=C(\C#N)C(N)=O)c1cc2c([nH]1)CCCC2. The summed E-state index contributed by atoms with van der Waals surface area (Å²) in [6.07, 6.45) is 4.43. The van der Waals surface area contributed by atoms with Gasteiger partial charge in [-0.1, -0.05) is 0 Å². The molecule has 0 aromatic carbocycles. The van der Waals surface area contributed by atoms with Crippen molar-refractivity contribution in [3.8, 4) is 6.07 Å². The van der Waals surface area contributed by atoms with Crippen molar-refractivity contribution in [3.05, 3.63) is 28.6 Å². The third kappa shape index (κ3) is 2.48. The Morgan fingerprint density at radius 3 is 2.63 bits per heavy atom. The van der Waals surface area contributed by atoms with Gasteiger partial charge in [-0.2, -0.15) is 5.26 Å². The normalized spacial score (nSPS) is 15.2. The van der Waals surface area contributed by atoms with E-state index >= 15 is 0 Å². The van der Waals surface area contributed by atoms with E-state index in [9.17, 15) is 4.79 Å². The van der Waals surface area contributed by atoms with Gasteiger partial charge < -0.3 is 15.6 Å². The number of H-pyrrole nitrogens is 1. The van der Waals surface area contributed by atoms with Gasteiger partial charge in [-0.3, -0.25) is 4.79 Å². The molecule has 0 saturated carbocycles. The first kappa shape index (κ1) is 13.2. The van der Waals surface area contributed by atoms with Gasteiger partial charge in [0.2, 0.25) is 0 Å². The van der Waals surface area contributed by atoms with Gasteiger partial charge >= 0.3 is 0 Å². The molecule has 1 heterocycles. The van der Waals surface area contributed by atoms with Gasteiger partial charge in [0.15, 0.2) is 0 Å². The van der Waals surface area contributed by atoms with Gasteiger partial charge in [0.1, 0.15) is 11.6 Å². The molecule has 5 nitrogen and oxygen atoms in total. The Bertz CT molecular complexity index is 551. The summed E-state index contributed by atoms with van der Waals surface area (Å²) in [6.45, 7) is 0. The Kier molecular flexibility index (Phi) is 3.61. The molecule has 1 aliphatic rings. The predicted molar refractivity (Wildman–Crippen MR) is 72.8 cm³/mol. The standard InChI is InChI=1S/C14H18N4O/c1-18(2)13(10(8-15)14(16)19)12-7-9-5-3-4-6-11(9)17-12/h7,17H,3-6H2,1-2H3,(H2,16,19)/b13-10+. The van der Waals surface area contributed by atoms with Gasteiger partial charge in [0.05, 0.1) is 11.4 Å². The Morgan fingerprint density at radius 1 is 1.42 bits per heavy atom. The molecule has 0 atom stereocenters. The van der Waals surface area contributed by atoms with Crippen LogP contribution < -0.4 is 5.73 Å². The first-order chi connectivity index (χ1) is 9.04. The number of nitrogens with two attached hydrogens (primary N) is 1. The fourth-order valence-corrected chi connectivity index (χ4v) is 2.56. The van der Waals surface area contributed by atoms with Crippen LogP contribution >= 0.6 is 0 Å². The van der Waals surface area contributed by atoms with Crippen molar-refractivity contribution in [2.45, 2.75) is 25.7 Å². The average molecular weight is 258 g/mol. The topological polar surface area (TPSA) is 85.9 Å². The van der Waals surface area contributed by atoms with Crippen molar-refractivity contribution in [2.24, 2.45) is 5.73 Å². The second-order valence-electron chi connectivity index (χ2n) is 4.99. The number of hydrogen-bond donors (Lipinski definition) is 2. The predicted octanol–water partition coefficient (Wildman–Crippen LogP) is 1.18. The summed E-state index contributed by atoms with van der Waals surface area (Å²) < 4.78 is 0. The lowest BCUT2D eigenvalue weighted by Gasteiger charge is -2.17. The number of fused-ring (bicyclic) bond motifs is 1. The Morgan fingerprint density at radius 2 is 2.11 bits per heavy atom. The van der Waals surface area contributed by atoms with Crippen molar-refractivity contribution in [1.82, 2.24) is 9.88 Å². The maximum absolute atomic E-state index is 11.4. The molecule has 1 aromatic heterocycles. The molecule has 0 spiro atoms. The lowest BCUT2D eigenvalue weighted by Crippen LogP contribution is -2.21. The smallest absolute Gasteiger partial charge is 0.261 e. The molecule has 1 aliphatic carbocycles. The summed E-state index contributed by atoms with van der Waals surface area (Å²) in [7, 11) is 3.60. The minimum absolute atomic E-state index is 0.0106. The summed E-state index contributed by atoms with van der Waals surface area (Å²) in [6, 6.07) is 3.94. The zero-order chi connectivity index (χ0) is 14.0. The van der Waals surface area contributed by atoms with Crippen LogP contribution in [0.1, 0.15) is 29.8 Å². The first-order valence-corrected chi connectivity index (χ1v) is 6.37. The molecular weight excluding hydrogens is 240 g/mol. The zero-order valence-corrected chi connectivity index (χ0v) is 11.3. The monoisotopic (exact) mass is 258 g/mol. The highest BCUT2D eigenvalue weighted by atomic mass is 16.1. The highest BCUT2D eigenvalue weighted by molar-refractivity contribution is 6.03. The maximum atomic E-state index is 11.4. The van der Waals surface area contributed by atoms with Crippen LogP contribution in [0, 0.1) is 11.3 Å². The van der Waals surface area contributed by atoms with E-state index in [-0.39, 0.29) is 5.57 Å². The Hall–Kier alpha value is -2.22. The van der Waals surface area contributed by atoms with Crippen molar-refractivity contribution >= 4 is 11.6 Å². The van der Waals surface area contributed by atoms with Crippen LogP contribution in [0.25, 0.3) is 5.70 Å². The number of nitriles is 1. The molecule has 0 unspecified atom stereocenters. The molecule has 0 fully saturated rings. The fraction of sp³-hybridized carbons (Fsp3) is 0.429.